The minimum absolute atomic E-state index is 0.00782. The number of amides is 1. The molecule has 0 spiro atoms. The number of nitrogens with zero attached hydrogens (tertiary/aromatic N) is 1. The number of ether oxygens (including phenoxy) is 1. The smallest absolute Gasteiger partial charge is 0.410 e. The van der Waals surface area contributed by atoms with Crippen molar-refractivity contribution in [2.24, 2.45) is 5.92 Å². The van der Waals surface area contributed by atoms with E-state index in [0.29, 0.717) is 13.2 Å². The first kappa shape index (κ1) is 11.7. The third kappa shape index (κ3) is 1.45. The van der Waals surface area contributed by atoms with E-state index in [1.54, 1.807) is 11.8 Å². The lowest BCUT2D eigenvalue weighted by molar-refractivity contribution is 0.0901. The summed E-state index contributed by atoms with van der Waals surface area (Å²) >= 11 is 7.07. The molecule has 0 radical (unpaired) electrons. The molecule has 86 valence electrons. The molecule has 2 bridgehead atoms. The van der Waals surface area contributed by atoms with Crippen LogP contribution in [0.3, 0.4) is 0 Å². The number of aliphatic hydroxyl groups is 1. The molecule has 1 aliphatic carbocycles. The van der Waals surface area contributed by atoms with Gasteiger partial charge in [0.1, 0.15) is 0 Å². The molecule has 3 rings (SSSR count). The molecular formula is C9H13Br2NO3. The molecule has 0 unspecified atom stereocenters. The molecule has 2 aliphatic heterocycles. The Morgan fingerprint density at radius 1 is 1.73 bits per heavy atom. The van der Waals surface area contributed by atoms with E-state index in [-0.39, 0.29) is 33.8 Å². The van der Waals surface area contributed by atoms with E-state index < -0.39 is 0 Å². The molecule has 1 amide bonds. The maximum absolute atomic E-state index is 11.6. The summed E-state index contributed by atoms with van der Waals surface area (Å²) in [6.07, 6.45) is -0.288. The number of hydrogen-bond donors (Lipinski definition) is 1. The third-order valence-electron chi connectivity index (χ3n) is 3.27. The predicted molar refractivity (Wildman–Crippen MR) is 62.5 cm³/mol. The Morgan fingerprint density at radius 2 is 2.40 bits per heavy atom. The summed E-state index contributed by atoms with van der Waals surface area (Å²) in [6, 6.07) is -0.00782. The Hall–Kier alpha value is 0.190. The largest absolute Gasteiger partial charge is 0.450 e. The van der Waals surface area contributed by atoms with Crippen LogP contribution in [0.1, 0.15) is 6.92 Å². The first-order valence-electron chi connectivity index (χ1n) is 4.93. The zero-order valence-electron chi connectivity index (χ0n) is 8.32. The fraction of sp³-hybridized carbons (Fsp3) is 0.889. The standard InChI is InChI=1S/C9H13Br2NO3/c1-2-15-8(14)12-3-5-6(10)7(12)9(5,11)4-13/h5-7,13H,2-4H2,1H3/t5-,6-,7+,9-/m0/s1. The van der Waals surface area contributed by atoms with Gasteiger partial charge in [-0.15, -0.1) is 0 Å². The van der Waals surface area contributed by atoms with Crippen LogP contribution in [-0.4, -0.2) is 51.1 Å². The third-order valence-corrected chi connectivity index (χ3v) is 5.71. The van der Waals surface area contributed by atoms with Gasteiger partial charge in [0.15, 0.2) is 0 Å². The van der Waals surface area contributed by atoms with E-state index in [1.807, 2.05) is 0 Å². The first-order valence-corrected chi connectivity index (χ1v) is 6.64. The van der Waals surface area contributed by atoms with E-state index in [9.17, 15) is 9.90 Å². The Balaban J connectivity index is 2.11. The molecule has 3 aliphatic rings. The average molecular weight is 343 g/mol. The van der Waals surface area contributed by atoms with Crippen LogP contribution in [0.25, 0.3) is 0 Å². The van der Waals surface area contributed by atoms with Crippen LogP contribution in [0, 0.1) is 5.92 Å². The number of alkyl halides is 2. The van der Waals surface area contributed by atoms with Gasteiger partial charge in [-0.25, -0.2) is 4.79 Å². The summed E-state index contributed by atoms with van der Waals surface area (Å²) < 4.78 is 4.63. The van der Waals surface area contributed by atoms with Crippen LogP contribution in [0.5, 0.6) is 0 Å². The van der Waals surface area contributed by atoms with Gasteiger partial charge in [-0.1, -0.05) is 31.9 Å². The van der Waals surface area contributed by atoms with Gasteiger partial charge in [0.05, 0.1) is 23.6 Å². The monoisotopic (exact) mass is 341 g/mol. The van der Waals surface area contributed by atoms with Crippen molar-refractivity contribution in [3.8, 4) is 0 Å². The van der Waals surface area contributed by atoms with E-state index in [1.165, 1.54) is 0 Å². The molecule has 4 nitrogen and oxygen atoms in total. The van der Waals surface area contributed by atoms with E-state index in [0.717, 1.165) is 0 Å². The van der Waals surface area contributed by atoms with Gasteiger partial charge in [0.25, 0.3) is 0 Å². The minimum atomic E-state index is -0.339. The Kier molecular flexibility index (Phi) is 3.03. The Bertz CT molecular complexity index is 289. The number of rotatable bonds is 2. The van der Waals surface area contributed by atoms with Gasteiger partial charge in [0, 0.05) is 17.3 Å². The summed E-state index contributed by atoms with van der Waals surface area (Å²) in [6.45, 7) is 2.86. The molecule has 1 N–H and O–H groups in total. The number of carbonyl (C=O) groups excluding carboxylic acids is 1. The molecule has 2 heterocycles. The van der Waals surface area contributed by atoms with E-state index in [4.69, 9.17) is 4.74 Å². The van der Waals surface area contributed by atoms with Crippen molar-refractivity contribution in [3.05, 3.63) is 0 Å². The van der Waals surface area contributed by atoms with Crippen LogP contribution in [0.2, 0.25) is 0 Å². The fourth-order valence-corrected chi connectivity index (χ4v) is 5.53. The molecule has 0 aromatic heterocycles. The molecule has 6 heteroatoms. The molecule has 15 heavy (non-hydrogen) atoms. The summed E-state index contributed by atoms with van der Waals surface area (Å²) in [5, 5.41) is 9.33. The lowest BCUT2D eigenvalue weighted by atomic mass is 9.74. The van der Waals surface area contributed by atoms with Crippen LogP contribution >= 0.6 is 31.9 Å². The second-order valence-corrected chi connectivity index (χ2v) is 6.47. The second-order valence-electron chi connectivity index (χ2n) is 3.93. The maximum atomic E-state index is 11.6. The highest BCUT2D eigenvalue weighted by molar-refractivity contribution is 9.11. The van der Waals surface area contributed by atoms with Gasteiger partial charge in [-0.2, -0.15) is 0 Å². The topological polar surface area (TPSA) is 49.8 Å². The van der Waals surface area contributed by atoms with E-state index >= 15 is 0 Å². The van der Waals surface area contributed by atoms with Crippen LogP contribution in [0.15, 0.2) is 0 Å². The lowest BCUT2D eigenvalue weighted by Crippen LogP contribution is -2.63. The molecule has 3 fully saturated rings. The molecular weight excluding hydrogens is 330 g/mol. The maximum Gasteiger partial charge on any atom is 0.410 e. The number of fused-ring (bicyclic) bond motifs is 1. The zero-order chi connectivity index (χ0) is 11.2. The summed E-state index contributed by atoms with van der Waals surface area (Å²) in [5.41, 5.74) is 0. The van der Waals surface area contributed by atoms with Crippen molar-refractivity contribution in [1.82, 2.24) is 4.90 Å². The van der Waals surface area contributed by atoms with Crippen molar-refractivity contribution in [1.29, 1.82) is 0 Å². The van der Waals surface area contributed by atoms with Gasteiger partial charge in [-0.05, 0) is 6.92 Å². The van der Waals surface area contributed by atoms with Crippen molar-refractivity contribution in [3.63, 3.8) is 0 Å². The average Bonchev–Trinajstić information content (AvgIpc) is 2.73. The second kappa shape index (κ2) is 3.89. The van der Waals surface area contributed by atoms with Crippen LogP contribution in [0.4, 0.5) is 4.79 Å². The zero-order valence-corrected chi connectivity index (χ0v) is 11.5. The number of halogens is 2. The quantitative estimate of drug-likeness (QED) is 0.770. The Morgan fingerprint density at radius 3 is 2.87 bits per heavy atom. The summed E-state index contributed by atoms with van der Waals surface area (Å²) in [7, 11) is 0. The fourth-order valence-electron chi connectivity index (χ4n) is 2.46. The number of hydrogen-bond acceptors (Lipinski definition) is 3. The Labute approximate surface area is 105 Å². The molecule has 4 atom stereocenters. The highest BCUT2D eigenvalue weighted by Crippen LogP contribution is 2.57. The predicted octanol–water partition coefficient (Wildman–Crippen LogP) is 1.35. The van der Waals surface area contributed by atoms with Gasteiger partial charge >= 0.3 is 6.09 Å². The highest BCUT2D eigenvalue weighted by atomic mass is 79.9. The van der Waals surface area contributed by atoms with Crippen molar-refractivity contribution < 1.29 is 14.6 Å². The molecule has 0 aromatic carbocycles. The van der Waals surface area contributed by atoms with Gasteiger partial charge in [-0.3, -0.25) is 0 Å². The number of carbonyl (C=O) groups is 1. The minimum Gasteiger partial charge on any atom is -0.450 e. The highest BCUT2D eigenvalue weighted by Gasteiger charge is 2.69. The van der Waals surface area contributed by atoms with Crippen LogP contribution in [-0.2, 0) is 4.74 Å². The van der Waals surface area contributed by atoms with Crippen molar-refractivity contribution in [2.75, 3.05) is 19.8 Å². The molecule has 1 saturated carbocycles. The van der Waals surface area contributed by atoms with E-state index in [2.05, 4.69) is 31.9 Å². The van der Waals surface area contributed by atoms with Crippen LogP contribution < -0.4 is 0 Å². The van der Waals surface area contributed by atoms with Gasteiger partial charge < -0.3 is 14.7 Å². The van der Waals surface area contributed by atoms with Gasteiger partial charge in [0.2, 0.25) is 0 Å². The first-order chi connectivity index (χ1) is 7.06. The number of aliphatic hydroxyl groups excluding tert-OH is 1. The van der Waals surface area contributed by atoms with Crippen molar-refractivity contribution >= 4 is 38.0 Å². The molecule has 0 aromatic rings. The van der Waals surface area contributed by atoms with Crippen molar-refractivity contribution in [2.45, 2.75) is 22.1 Å². The normalized spacial score (nSPS) is 42.7. The summed E-state index contributed by atoms with van der Waals surface area (Å²) in [4.78, 5) is 13.6. The SMILES string of the molecule is CCOC(=O)N1C[C@H]2[C@H](Br)[C@@H]1[C@]2(Br)CO. The molecule has 2 saturated heterocycles. The lowest BCUT2D eigenvalue weighted by Gasteiger charge is -2.47. The summed E-state index contributed by atoms with van der Waals surface area (Å²) in [5.74, 6) is 0.261.